The zero-order chi connectivity index (χ0) is 11.4. The van der Waals surface area contributed by atoms with E-state index in [9.17, 15) is 0 Å². The van der Waals surface area contributed by atoms with Gasteiger partial charge in [0.15, 0.2) is 0 Å². The summed E-state index contributed by atoms with van der Waals surface area (Å²) in [6, 6.07) is 0.612. The van der Waals surface area contributed by atoms with E-state index in [1.54, 1.807) is 0 Å². The zero-order valence-electron chi connectivity index (χ0n) is 10.5. The van der Waals surface area contributed by atoms with Crippen LogP contribution in [0.2, 0.25) is 0 Å². The largest absolute Gasteiger partial charge is 0.381 e. The molecule has 0 spiro atoms. The molecule has 0 saturated carbocycles. The Balaban J connectivity index is 1.88. The van der Waals surface area contributed by atoms with Crippen LogP contribution in [0.1, 0.15) is 32.6 Å². The van der Waals surface area contributed by atoms with Crippen molar-refractivity contribution in [2.75, 3.05) is 32.8 Å². The molecule has 2 fully saturated rings. The number of rotatable bonds is 4. The monoisotopic (exact) mass is 226 g/mol. The molecule has 0 amide bonds. The van der Waals surface area contributed by atoms with Crippen molar-refractivity contribution in [3.63, 3.8) is 0 Å². The fraction of sp³-hybridized carbons (Fsp3) is 1.00. The van der Waals surface area contributed by atoms with Crippen LogP contribution < -0.4 is 5.73 Å². The van der Waals surface area contributed by atoms with Gasteiger partial charge in [-0.05, 0) is 37.6 Å². The average Bonchev–Trinajstić information content (AvgIpc) is 2.80. The van der Waals surface area contributed by atoms with E-state index in [1.165, 1.54) is 38.8 Å². The standard InChI is InChI=1S/C13H26N2O/c1-2-11-3-6-15(10-11)13(9-14)12-4-7-16-8-5-12/h11-13H,2-10,14H2,1H3. The van der Waals surface area contributed by atoms with Gasteiger partial charge in [-0.3, -0.25) is 4.90 Å². The summed E-state index contributed by atoms with van der Waals surface area (Å²) in [4.78, 5) is 2.64. The van der Waals surface area contributed by atoms with Crippen molar-refractivity contribution < 1.29 is 4.74 Å². The normalized spacial score (nSPS) is 30.8. The van der Waals surface area contributed by atoms with Gasteiger partial charge >= 0.3 is 0 Å². The van der Waals surface area contributed by atoms with Gasteiger partial charge in [0.1, 0.15) is 0 Å². The summed E-state index contributed by atoms with van der Waals surface area (Å²) >= 11 is 0. The van der Waals surface area contributed by atoms with Gasteiger partial charge in [0, 0.05) is 32.3 Å². The lowest BCUT2D eigenvalue weighted by atomic mass is 9.90. The molecule has 2 heterocycles. The van der Waals surface area contributed by atoms with Crippen molar-refractivity contribution in [2.45, 2.75) is 38.6 Å². The first kappa shape index (κ1) is 12.3. The summed E-state index contributed by atoms with van der Waals surface area (Å²) in [6.07, 6.45) is 5.10. The molecular formula is C13H26N2O. The number of nitrogens with two attached hydrogens (primary N) is 1. The van der Waals surface area contributed by atoms with Gasteiger partial charge in [-0.1, -0.05) is 13.3 Å². The van der Waals surface area contributed by atoms with Gasteiger partial charge in [-0.25, -0.2) is 0 Å². The zero-order valence-corrected chi connectivity index (χ0v) is 10.5. The summed E-state index contributed by atoms with van der Waals surface area (Å²) in [5.41, 5.74) is 5.99. The number of hydrogen-bond acceptors (Lipinski definition) is 3. The second-order valence-corrected chi connectivity index (χ2v) is 5.31. The van der Waals surface area contributed by atoms with Crippen molar-refractivity contribution in [3.8, 4) is 0 Å². The Bertz CT molecular complexity index is 204. The number of ether oxygens (including phenoxy) is 1. The van der Waals surface area contributed by atoms with Crippen LogP contribution in [0.4, 0.5) is 0 Å². The molecule has 2 unspecified atom stereocenters. The van der Waals surface area contributed by atoms with Crippen LogP contribution in [-0.2, 0) is 4.74 Å². The van der Waals surface area contributed by atoms with E-state index in [1.807, 2.05) is 0 Å². The summed E-state index contributed by atoms with van der Waals surface area (Å²) in [5.74, 6) is 1.68. The van der Waals surface area contributed by atoms with Gasteiger partial charge in [-0.15, -0.1) is 0 Å². The van der Waals surface area contributed by atoms with Gasteiger partial charge < -0.3 is 10.5 Å². The predicted octanol–water partition coefficient (Wildman–Crippen LogP) is 1.47. The molecule has 3 heteroatoms. The van der Waals surface area contributed by atoms with Crippen LogP contribution in [0.25, 0.3) is 0 Å². The van der Waals surface area contributed by atoms with Crippen molar-refractivity contribution in [2.24, 2.45) is 17.6 Å². The maximum absolute atomic E-state index is 5.99. The molecule has 0 aliphatic carbocycles. The van der Waals surface area contributed by atoms with E-state index in [2.05, 4.69) is 11.8 Å². The Hall–Kier alpha value is -0.120. The summed E-state index contributed by atoms with van der Waals surface area (Å²) < 4.78 is 5.44. The summed E-state index contributed by atoms with van der Waals surface area (Å²) in [5, 5.41) is 0. The van der Waals surface area contributed by atoms with Crippen molar-refractivity contribution >= 4 is 0 Å². The Morgan fingerprint density at radius 2 is 2.06 bits per heavy atom. The molecule has 2 N–H and O–H groups in total. The van der Waals surface area contributed by atoms with E-state index in [0.717, 1.165) is 31.6 Å². The van der Waals surface area contributed by atoms with Crippen molar-refractivity contribution in [3.05, 3.63) is 0 Å². The molecule has 0 aromatic carbocycles. The van der Waals surface area contributed by atoms with Crippen molar-refractivity contribution in [1.82, 2.24) is 4.90 Å². The van der Waals surface area contributed by atoms with E-state index in [0.29, 0.717) is 6.04 Å². The minimum atomic E-state index is 0.612. The topological polar surface area (TPSA) is 38.5 Å². The Labute approximate surface area is 99.3 Å². The molecule has 16 heavy (non-hydrogen) atoms. The average molecular weight is 226 g/mol. The SMILES string of the molecule is CCC1CCN(C(CN)C2CCOCC2)C1. The Kier molecular flexibility index (Phi) is 4.62. The van der Waals surface area contributed by atoms with Gasteiger partial charge in [0.05, 0.1) is 0 Å². The molecule has 0 radical (unpaired) electrons. The fourth-order valence-electron chi connectivity index (χ4n) is 3.24. The maximum Gasteiger partial charge on any atom is 0.0469 e. The Morgan fingerprint density at radius 1 is 1.31 bits per heavy atom. The molecule has 3 nitrogen and oxygen atoms in total. The number of hydrogen-bond donors (Lipinski definition) is 1. The highest BCUT2D eigenvalue weighted by Crippen LogP contribution is 2.28. The first-order chi connectivity index (χ1) is 7.85. The fourth-order valence-corrected chi connectivity index (χ4v) is 3.24. The maximum atomic E-state index is 5.99. The summed E-state index contributed by atoms with van der Waals surface area (Å²) in [7, 11) is 0. The van der Waals surface area contributed by atoms with E-state index >= 15 is 0 Å². The number of likely N-dealkylation sites (tertiary alicyclic amines) is 1. The first-order valence-electron chi connectivity index (χ1n) is 6.87. The molecule has 2 rings (SSSR count). The summed E-state index contributed by atoms with van der Waals surface area (Å²) in [6.45, 7) is 7.53. The molecule has 0 bridgehead atoms. The smallest absolute Gasteiger partial charge is 0.0469 e. The third-order valence-corrected chi connectivity index (χ3v) is 4.42. The molecule has 2 aliphatic rings. The molecule has 2 saturated heterocycles. The second-order valence-electron chi connectivity index (χ2n) is 5.31. The minimum absolute atomic E-state index is 0.612. The lowest BCUT2D eigenvalue weighted by molar-refractivity contribution is 0.0324. The van der Waals surface area contributed by atoms with Crippen LogP contribution in [0.5, 0.6) is 0 Å². The quantitative estimate of drug-likeness (QED) is 0.789. The highest BCUT2D eigenvalue weighted by atomic mass is 16.5. The van der Waals surface area contributed by atoms with Crippen LogP contribution in [0.15, 0.2) is 0 Å². The highest BCUT2D eigenvalue weighted by Gasteiger charge is 2.32. The highest BCUT2D eigenvalue weighted by molar-refractivity contribution is 4.86. The molecule has 0 aromatic rings. The van der Waals surface area contributed by atoms with E-state index in [-0.39, 0.29) is 0 Å². The third kappa shape index (κ3) is 2.76. The van der Waals surface area contributed by atoms with Crippen LogP contribution in [-0.4, -0.2) is 43.8 Å². The lowest BCUT2D eigenvalue weighted by Crippen LogP contribution is -2.46. The molecule has 2 atom stereocenters. The predicted molar refractivity (Wildman–Crippen MR) is 66.4 cm³/mol. The molecule has 94 valence electrons. The molecule has 2 aliphatic heterocycles. The lowest BCUT2D eigenvalue weighted by Gasteiger charge is -2.36. The van der Waals surface area contributed by atoms with Gasteiger partial charge in [0.2, 0.25) is 0 Å². The van der Waals surface area contributed by atoms with E-state index < -0.39 is 0 Å². The van der Waals surface area contributed by atoms with Crippen LogP contribution in [0, 0.1) is 11.8 Å². The molecule has 0 aromatic heterocycles. The third-order valence-electron chi connectivity index (χ3n) is 4.42. The second kappa shape index (κ2) is 5.99. The van der Waals surface area contributed by atoms with Gasteiger partial charge in [-0.2, -0.15) is 0 Å². The number of nitrogens with zero attached hydrogens (tertiary/aromatic N) is 1. The van der Waals surface area contributed by atoms with Crippen LogP contribution >= 0.6 is 0 Å². The minimum Gasteiger partial charge on any atom is -0.381 e. The Morgan fingerprint density at radius 3 is 2.62 bits per heavy atom. The van der Waals surface area contributed by atoms with E-state index in [4.69, 9.17) is 10.5 Å². The van der Waals surface area contributed by atoms with Gasteiger partial charge in [0.25, 0.3) is 0 Å². The first-order valence-corrected chi connectivity index (χ1v) is 6.87. The molecular weight excluding hydrogens is 200 g/mol. The van der Waals surface area contributed by atoms with Crippen molar-refractivity contribution in [1.29, 1.82) is 0 Å². The van der Waals surface area contributed by atoms with Crippen LogP contribution in [0.3, 0.4) is 0 Å².